The van der Waals surface area contributed by atoms with Gasteiger partial charge in [-0.2, -0.15) is 0 Å². The number of hydrogen-bond donors (Lipinski definition) is 1. The molecule has 5 nitrogen and oxygen atoms in total. The number of ketones is 1. The first-order valence-electron chi connectivity index (χ1n) is 7.21. The Bertz CT molecular complexity index is 784. The Morgan fingerprint density at radius 2 is 1.67 bits per heavy atom. The first-order chi connectivity index (χ1) is 11.4. The molecule has 1 amide bonds. The van der Waals surface area contributed by atoms with Crippen molar-refractivity contribution in [1.82, 2.24) is 0 Å². The minimum atomic E-state index is -0.767. The van der Waals surface area contributed by atoms with E-state index in [0.29, 0.717) is 16.8 Å². The molecule has 2 rings (SSSR count). The van der Waals surface area contributed by atoms with Gasteiger partial charge in [-0.25, -0.2) is 9.18 Å². The van der Waals surface area contributed by atoms with E-state index in [4.69, 9.17) is 4.74 Å². The van der Waals surface area contributed by atoms with E-state index in [1.807, 2.05) is 0 Å². The van der Waals surface area contributed by atoms with Gasteiger partial charge in [0.15, 0.2) is 12.4 Å². The maximum absolute atomic E-state index is 13.4. The summed E-state index contributed by atoms with van der Waals surface area (Å²) in [6.45, 7) is 2.51. The molecule has 0 bridgehead atoms. The summed E-state index contributed by atoms with van der Waals surface area (Å²) in [5, 5.41) is 2.58. The zero-order valence-corrected chi connectivity index (χ0v) is 13.3. The van der Waals surface area contributed by atoms with E-state index < -0.39 is 24.2 Å². The van der Waals surface area contributed by atoms with Gasteiger partial charge in [0, 0.05) is 18.2 Å². The number of hydrogen-bond acceptors (Lipinski definition) is 4. The highest BCUT2D eigenvalue weighted by Gasteiger charge is 2.13. The molecule has 0 saturated heterocycles. The molecular weight excluding hydrogens is 313 g/mol. The molecule has 0 aromatic heterocycles. The molecule has 6 heteroatoms. The van der Waals surface area contributed by atoms with Crippen LogP contribution in [0.3, 0.4) is 0 Å². The van der Waals surface area contributed by atoms with E-state index in [2.05, 4.69) is 5.32 Å². The summed E-state index contributed by atoms with van der Waals surface area (Å²) in [6, 6.07) is 10.2. The summed E-state index contributed by atoms with van der Waals surface area (Å²) in [5.41, 5.74) is 1.37. The molecule has 0 fully saturated rings. The normalized spacial score (nSPS) is 10.1. The number of amides is 1. The first kappa shape index (κ1) is 17.3. The average molecular weight is 329 g/mol. The van der Waals surface area contributed by atoms with Crippen molar-refractivity contribution in [2.24, 2.45) is 0 Å². The average Bonchev–Trinajstić information content (AvgIpc) is 2.55. The number of rotatable bonds is 5. The minimum Gasteiger partial charge on any atom is -0.454 e. The van der Waals surface area contributed by atoms with Crippen LogP contribution < -0.4 is 5.32 Å². The zero-order valence-electron chi connectivity index (χ0n) is 13.3. The number of nitrogens with one attached hydrogen (secondary N) is 1. The first-order valence-corrected chi connectivity index (χ1v) is 7.21. The van der Waals surface area contributed by atoms with Crippen molar-refractivity contribution in [2.45, 2.75) is 13.8 Å². The van der Waals surface area contributed by atoms with Gasteiger partial charge in [-0.1, -0.05) is 6.07 Å². The Labute approximate surface area is 138 Å². The van der Waals surface area contributed by atoms with E-state index in [1.165, 1.54) is 31.2 Å². The Hall–Kier alpha value is -3.02. The standard InChI is InChI=1S/C18H16FNO4/c1-11-3-4-14(9-16(11)19)18(23)24-10-17(22)13-5-7-15(8-6-13)20-12(2)21/h3-9H,10H2,1-2H3,(H,20,21). The summed E-state index contributed by atoms with van der Waals surface area (Å²) >= 11 is 0. The van der Waals surface area contributed by atoms with Crippen molar-refractivity contribution < 1.29 is 23.5 Å². The number of benzene rings is 2. The van der Waals surface area contributed by atoms with Crippen LogP contribution >= 0.6 is 0 Å². The number of anilines is 1. The smallest absolute Gasteiger partial charge is 0.338 e. The Kier molecular flexibility index (Phi) is 5.42. The highest BCUT2D eigenvalue weighted by Crippen LogP contribution is 2.12. The lowest BCUT2D eigenvalue weighted by molar-refractivity contribution is -0.114. The van der Waals surface area contributed by atoms with Gasteiger partial charge in [0.05, 0.1) is 5.56 Å². The Balaban J connectivity index is 1.95. The molecule has 0 unspecified atom stereocenters. The second-order valence-corrected chi connectivity index (χ2v) is 5.22. The van der Waals surface area contributed by atoms with Gasteiger partial charge in [-0.3, -0.25) is 9.59 Å². The third-order valence-corrected chi connectivity index (χ3v) is 3.27. The summed E-state index contributed by atoms with van der Waals surface area (Å²) in [4.78, 5) is 34.8. The Morgan fingerprint density at radius 1 is 1.04 bits per heavy atom. The van der Waals surface area contributed by atoms with Crippen molar-refractivity contribution in [2.75, 3.05) is 11.9 Å². The lowest BCUT2D eigenvalue weighted by Crippen LogP contribution is -2.14. The van der Waals surface area contributed by atoms with Crippen LogP contribution in [0.5, 0.6) is 0 Å². The summed E-state index contributed by atoms with van der Waals surface area (Å²) in [7, 11) is 0. The van der Waals surface area contributed by atoms with E-state index in [1.54, 1.807) is 19.1 Å². The third-order valence-electron chi connectivity index (χ3n) is 3.27. The molecule has 0 aliphatic rings. The van der Waals surface area contributed by atoms with Crippen LogP contribution in [-0.4, -0.2) is 24.3 Å². The molecule has 0 heterocycles. The number of ether oxygens (including phenoxy) is 1. The van der Waals surface area contributed by atoms with Crippen LogP contribution in [0.4, 0.5) is 10.1 Å². The van der Waals surface area contributed by atoms with Crippen LogP contribution in [0.2, 0.25) is 0 Å². The van der Waals surface area contributed by atoms with Crippen LogP contribution in [0.15, 0.2) is 42.5 Å². The van der Waals surface area contributed by atoms with Gasteiger partial charge < -0.3 is 10.1 Å². The zero-order chi connectivity index (χ0) is 17.7. The predicted octanol–water partition coefficient (Wildman–Crippen LogP) is 3.13. The predicted molar refractivity (Wildman–Crippen MR) is 86.5 cm³/mol. The summed E-state index contributed by atoms with van der Waals surface area (Å²) in [5.74, 6) is -1.89. The molecule has 124 valence electrons. The molecule has 24 heavy (non-hydrogen) atoms. The number of carbonyl (C=O) groups excluding carboxylic acids is 3. The highest BCUT2D eigenvalue weighted by atomic mass is 19.1. The van der Waals surface area contributed by atoms with Crippen LogP contribution in [0, 0.1) is 12.7 Å². The third kappa shape index (κ3) is 4.49. The number of Topliss-reactive ketones (excluding diaryl/α,β-unsaturated/α-hetero) is 1. The lowest BCUT2D eigenvalue weighted by atomic mass is 10.1. The molecule has 0 atom stereocenters. The molecule has 0 radical (unpaired) electrons. The molecule has 0 aliphatic heterocycles. The van der Waals surface area contributed by atoms with Crippen molar-refractivity contribution in [3.8, 4) is 0 Å². The molecule has 2 aromatic carbocycles. The fourth-order valence-corrected chi connectivity index (χ4v) is 1.96. The van der Waals surface area contributed by atoms with Gasteiger partial charge in [0.1, 0.15) is 5.82 Å². The maximum atomic E-state index is 13.4. The maximum Gasteiger partial charge on any atom is 0.338 e. The lowest BCUT2D eigenvalue weighted by Gasteiger charge is -2.06. The molecule has 0 aliphatic carbocycles. The van der Waals surface area contributed by atoms with Crippen molar-refractivity contribution >= 4 is 23.3 Å². The number of aryl methyl sites for hydroxylation is 1. The number of carbonyl (C=O) groups is 3. The highest BCUT2D eigenvalue weighted by molar-refractivity contribution is 6.00. The number of esters is 1. The molecule has 1 N–H and O–H groups in total. The SMILES string of the molecule is CC(=O)Nc1ccc(C(=O)COC(=O)c2ccc(C)c(F)c2)cc1. The molecule has 0 spiro atoms. The second kappa shape index (κ2) is 7.50. The van der Waals surface area contributed by atoms with E-state index in [-0.39, 0.29) is 11.5 Å². The van der Waals surface area contributed by atoms with Crippen molar-refractivity contribution in [3.63, 3.8) is 0 Å². The van der Waals surface area contributed by atoms with Gasteiger partial charge in [0.2, 0.25) is 5.91 Å². The van der Waals surface area contributed by atoms with Gasteiger partial charge in [-0.15, -0.1) is 0 Å². The Morgan fingerprint density at radius 3 is 2.25 bits per heavy atom. The quantitative estimate of drug-likeness (QED) is 0.676. The summed E-state index contributed by atoms with van der Waals surface area (Å²) < 4.78 is 18.3. The van der Waals surface area contributed by atoms with Crippen molar-refractivity contribution in [3.05, 3.63) is 65.0 Å². The molecule has 0 saturated carbocycles. The van der Waals surface area contributed by atoms with E-state index in [9.17, 15) is 18.8 Å². The van der Waals surface area contributed by atoms with Crippen molar-refractivity contribution in [1.29, 1.82) is 0 Å². The fourth-order valence-electron chi connectivity index (χ4n) is 1.96. The van der Waals surface area contributed by atoms with Crippen LogP contribution in [0.25, 0.3) is 0 Å². The topological polar surface area (TPSA) is 72.5 Å². The molecular formula is C18H16FNO4. The van der Waals surface area contributed by atoms with Gasteiger partial charge in [0.25, 0.3) is 0 Å². The minimum absolute atomic E-state index is 0.0481. The molecule has 2 aromatic rings. The fraction of sp³-hybridized carbons (Fsp3) is 0.167. The number of halogens is 1. The summed E-state index contributed by atoms with van der Waals surface area (Å²) in [6.07, 6.45) is 0. The van der Waals surface area contributed by atoms with E-state index >= 15 is 0 Å². The monoisotopic (exact) mass is 329 g/mol. The van der Waals surface area contributed by atoms with Crippen LogP contribution in [-0.2, 0) is 9.53 Å². The largest absolute Gasteiger partial charge is 0.454 e. The van der Waals surface area contributed by atoms with Gasteiger partial charge >= 0.3 is 5.97 Å². The van der Waals surface area contributed by atoms with E-state index in [0.717, 1.165) is 6.07 Å². The van der Waals surface area contributed by atoms with Crippen LogP contribution in [0.1, 0.15) is 33.2 Å². The van der Waals surface area contributed by atoms with Gasteiger partial charge in [-0.05, 0) is 48.9 Å². The second-order valence-electron chi connectivity index (χ2n) is 5.22.